The highest BCUT2D eigenvalue weighted by Crippen LogP contribution is 2.22. The van der Waals surface area contributed by atoms with E-state index in [-0.39, 0.29) is 0 Å². The predicted molar refractivity (Wildman–Crippen MR) is 63.8 cm³/mol. The smallest absolute Gasteiger partial charge is 0.335 e. The Kier molecular flexibility index (Phi) is 2.69. The fraction of sp³-hybridized carbons (Fsp3) is 0.308. The number of H-pyrrole nitrogens is 1. The number of aromatic amines is 1. The van der Waals surface area contributed by atoms with Gasteiger partial charge in [-0.3, -0.25) is 0 Å². The molecule has 2 N–H and O–H groups in total. The third-order valence-electron chi connectivity index (χ3n) is 2.64. The molecule has 0 aliphatic carbocycles. The van der Waals surface area contributed by atoms with Gasteiger partial charge in [0.1, 0.15) is 0 Å². The first-order valence-electron chi connectivity index (χ1n) is 5.41. The van der Waals surface area contributed by atoms with Crippen molar-refractivity contribution in [1.82, 2.24) is 4.98 Å². The Bertz CT molecular complexity index is 526. The Morgan fingerprint density at radius 3 is 2.81 bits per heavy atom. The third kappa shape index (κ3) is 1.94. The summed E-state index contributed by atoms with van der Waals surface area (Å²) in [5, 5.41) is 10.0. The summed E-state index contributed by atoms with van der Waals surface area (Å²) >= 11 is 0. The standard InChI is InChI=1S/C13H15NO2/c1-8(2)5-10-7-14-12-6-9(13(15)16)3-4-11(10)12/h3-4,6-8,14H,5H2,1-2H3,(H,15,16). The predicted octanol–water partition coefficient (Wildman–Crippen LogP) is 3.06. The number of hydrogen-bond acceptors (Lipinski definition) is 1. The third-order valence-corrected chi connectivity index (χ3v) is 2.64. The van der Waals surface area contributed by atoms with E-state index >= 15 is 0 Å². The monoisotopic (exact) mass is 217 g/mol. The van der Waals surface area contributed by atoms with Gasteiger partial charge in [-0.05, 0) is 30.0 Å². The topological polar surface area (TPSA) is 53.1 Å². The van der Waals surface area contributed by atoms with Gasteiger partial charge in [-0.2, -0.15) is 0 Å². The van der Waals surface area contributed by atoms with E-state index < -0.39 is 5.97 Å². The lowest BCUT2D eigenvalue weighted by atomic mass is 10.0. The molecule has 2 rings (SSSR count). The molecule has 0 aliphatic heterocycles. The van der Waals surface area contributed by atoms with Crippen LogP contribution in [0.5, 0.6) is 0 Å². The van der Waals surface area contributed by atoms with Crippen molar-refractivity contribution in [3.63, 3.8) is 0 Å². The molecule has 16 heavy (non-hydrogen) atoms. The number of carbonyl (C=O) groups is 1. The molecule has 0 unspecified atom stereocenters. The van der Waals surface area contributed by atoms with Crippen LogP contribution in [-0.4, -0.2) is 16.1 Å². The van der Waals surface area contributed by atoms with Gasteiger partial charge in [-0.15, -0.1) is 0 Å². The minimum absolute atomic E-state index is 0.324. The zero-order chi connectivity index (χ0) is 11.7. The normalized spacial score (nSPS) is 11.2. The van der Waals surface area contributed by atoms with E-state index in [0.29, 0.717) is 11.5 Å². The molecule has 0 atom stereocenters. The van der Waals surface area contributed by atoms with E-state index in [1.165, 1.54) is 5.56 Å². The molecule has 0 amide bonds. The SMILES string of the molecule is CC(C)Cc1c[nH]c2cc(C(=O)O)ccc12. The van der Waals surface area contributed by atoms with Gasteiger partial charge in [0.05, 0.1) is 5.56 Å². The minimum Gasteiger partial charge on any atom is -0.478 e. The van der Waals surface area contributed by atoms with Crippen LogP contribution in [0.25, 0.3) is 10.9 Å². The Balaban J connectivity index is 2.46. The van der Waals surface area contributed by atoms with Crippen LogP contribution in [0.4, 0.5) is 0 Å². The molecule has 0 saturated carbocycles. The lowest BCUT2D eigenvalue weighted by Gasteiger charge is -2.02. The maximum atomic E-state index is 10.8. The Morgan fingerprint density at radius 2 is 2.19 bits per heavy atom. The van der Waals surface area contributed by atoms with E-state index in [9.17, 15) is 4.79 Å². The number of benzene rings is 1. The van der Waals surface area contributed by atoms with Gasteiger partial charge < -0.3 is 10.1 Å². The number of fused-ring (bicyclic) bond motifs is 1. The fourth-order valence-electron chi connectivity index (χ4n) is 1.93. The van der Waals surface area contributed by atoms with Gasteiger partial charge in [-0.25, -0.2) is 4.79 Å². The number of rotatable bonds is 3. The zero-order valence-corrected chi connectivity index (χ0v) is 9.45. The summed E-state index contributed by atoms with van der Waals surface area (Å²) in [7, 11) is 0. The van der Waals surface area contributed by atoms with E-state index in [2.05, 4.69) is 18.8 Å². The minimum atomic E-state index is -0.887. The van der Waals surface area contributed by atoms with Crippen molar-refractivity contribution < 1.29 is 9.90 Å². The van der Waals surface area contributed by atoms with Crippen molar-refractivity contribution in [2.24, 2.45) is 5.92 Å². The summed E-state index contributed by atoms with van der Waals surface area (Å²) in [4.78, 5) is 13.9. The van der Waals surface area contributed by atoms with E-state index in [1.807, 2.05) is 12.3 Å². The fourth-order valence-corrected chi connectivity index (χ4v) is 1.93. The summed E-state index contributed by atoms with van der Waals surface area (Å²) in [6.45, 7) is 4.34. The van der Waals surface area contributed by atoms with Crippen LogP contribution >= 0.6 is 0 Å². The number of carboxylic acid groups (broad SMARTS) is 1. The highest BCUT2D eigenvalue weighted by atomic mass is 16.4. The number of carboxylic acids is 1. The van der Waals surface area contributed by atoms with Crippen LogP contribution < -0.4 is 0 Å². The number of hydrogen-bond donors (Lipinski definition) is 2. The second kappa shape index (κ2) is 4.00. The molecule has 1 heterocycles. The van der Waals surface area contributed by atoms with Crippen molar-refractivity contribution in [1.29, 1.82) is 0 Å². The molecule has 1 aromatic carbocycles. The largest absolute Gasteiger partial charge is 0.478 e. The number of aromatic nitrogens is 1. The number of aromatic carboxylic acids is 1. The molecule has 0 radical (unpaired) electrons. The van der Waals surface area contributed by atoms with Crippen LogP contribution in [0.3, 0.4) is 0 Å². The van der Waals surface area contributed by atoms with E-state index in [4.69, 9.17) is 5.11 Å². The van der Waals surface area contributed by atoms with Gasteiger partial charge in [0.15, 0.2) is 0 Å². The molecule has 1 aromatic heterocycles. The molecular formula is C13H15NO2. The van der Waals surface area contributed by atoms with E-state index in [1.54, 1.807) is 12.1 Å². The molecule has 2 aromatic rings. The molecule has 84 valence electrons. The van der Waals surface area contributed by atoms with Crippen molar-refractivity contribution in [2.45, 2.75) is 20.3 Å². The summed E-state index contributed by atoms with van der Waals surface area (Å²) in [5.74, 6) is -0.292. The lowest BCUT2D eigenvalue weighted by molar-refractivity contribution is 0.0697. The number of nitrogens with one attached hydrogen (secondary N) is 1. The maximum Gasteiger partial charge on any atom is 0.335 e. The summed E-state index contributed by atoms with van der Waals surface area (Å²) in [6, 6.07) is 5.22. The summed E-state index contributed by atoms with van der Waals surface area (Å²) in [6.07, 6.45) is 2.97. The first-order valence-corrected chi connectivity index (χ1v) is 5.41. The first kappa shape index (κ1) is 10.7. The maximum absolute atomic E-state index is 10.8. The van der Waals surface area contributed by atoms with E-state index in [0.717, 1.165) is 17.3 Å². The second-order valence-corrected chi connectivity index (χ2v) is 4.48. The summed E-state index contributed by atoms with van der Waals surface area (Å²) in [5.41, 5.74) is 2.47. The van der Waals surface area contributed by atoms with Crippen molar-refractivity contribution in [3.05, 3.63) is 35.5 Å². The average molecular weight is 217 g/mol. The van der Waals surface area contributed by atoms with Gasteiger partial charge >= 0.3 is 5.97 Å². The molecule has 0 aliphatic rings. The van der Waals surface area contributed by atoms with Crippen molar-refractivity contribution in [2.75, 3.05) is 0 Å². The molecule has 0 saturated heterocycles. The second-order valence-electron chi connectivity index (χ2n) is 4.48. The Hall–Kier alpha value is -1.77. The van der Waals surface area contributed by atoms with Crippen LogP contribution in [0, 0.1) is 5.92 Å². The van der Waals surface area contributed by atoms with Crippen LogP contribution in [0.2, 0.25) is 0 Å². The quantitative estimate of drug-likeness (QED) is 0.830. The van der Waals surface area contributed by atoms with Crippen molar-refractivity contribution >= 4 is 16.9 Å². The molecule has 0 fully saturated rings. The first-order chi connectivity index (χ1) is 7.58. The molecule has 0 bridgehead atoms. The highest BCUT2D eigenvalue weighted by Gasteiger charge is 2.08. The van der Waals surface area contributed by atoms with Gasteiger partial charge in [0.25, 0.3) is 0 Å². The molecular weight excluding hydrogens is 202 g/mol. The molecule has 3 heteroatoms. The zero-order valence-electron chi connectivity index (χ0n) is 9.45. The van der Waals surface area contributed by atoms with Crippen LogP contribution in [-0.2, 0) is 6.42 Å². The average Bonchev–Trinajstić information content (AvgIpc) is 2.60. The molecule has 0 spiro atoms. The Labute approximate surface area is 94.1 Å². The van der Waals surface area contributed by atoms with Crippen LogP contribution in [0.15, 0.2) is 24.4 Å². The van der Waals surface area contributed by atoms with Crippen LogP contribution in [0.1, 0.15) is 29.8 Å². The Morgan fingerprint density at radius 1 is 1.44 bits per heavy atom. The van der Waals surface area contributed by atoms with Gasteiger partial charge in [-0.1, -0.05) is 19.9 Å². The highest BCUT2D eigenvalue weighted by molar-refractivity contribution is 5.94. The lowest BCUT2D eigenvalue weighted by Crippen LogP contribution is -1.95. The molecule has 3 nitrogen and oxygen atoms in total. The summed E-state index contributed by atoms with van der Waals surface area (Å²) < 4.78 is 0. The van der Waals surface area contributed by atoms with Gasteiger partial charge in [0, 0.05) is 17.1 Å². The van der Waals surface area contributed by atoms with Crippen molar-refractivity contribution in [3.8, 4) is 0 Å². The van der Waals surface area contributed by atoms with Gasteiger partial charge in [0.2, 0.25) is 0 Å².